The van der Waals surface area contributed by atoms with Gasteiger partial charge in [0.15, 0.2) is 0 Å². The van der Waals surface area contributed by atoms with Crippen LogP contribution in [0.3, 0.4) is 0 Å². The molecule has 1 heterocycles. The highest BCUT2D eigenvalue weighted by Crippen LogP contribution is 2.32. The van der Waals surface area contributed by atoms with Crippen molar-refractivity contribution in [1.82, 2.24) is 10.3 Å². The zero-order chi connectivity index (χ0) is 16.8. The van der Waals surface area contributed by atoms with E-state index in [-0.39, 0.29) is 11.9 Å². The number of nitrogens with zero attached hydrogens (tertiary/aromatic N) is 1. The maximum Gasteiger partial charge on any atom is 0.243 e. The molecule has 0 unspecified atom stereocenters. The lowest BCUT2D eigenvalue weighted by atomic mass is 10.0. The number of ether oxygens (including phenoxy) is 2. The summed E-state index contributed by atoms with van der Waals surface area (Å²) in [6, 6.07) is 9.52. The van der Waals surface area contributed by atoms with Crippen molar-refractivity contribution in [1.29, 1.82) is 0 Å². The van der Waals surface area contributed by atoms with Gasteiger partial charge in [-0.1, -0.05) is 30.8 Å². The van der Waals surface area contributed by atoms with Crippen LogP contribution in [0.2, 0.25) is 0 Å². The Morgan fingerprint density at radius 2 is 1.96 bits per heavy atom. The first kappa shape index (κ1) is 16.5. The fourth-order valence-electron chi connectivity index (χ4n) is 2.22. The van der Waals surface area contributed by atoms with Gasteiger partial charge in [0.2, 0.25) is 11.8 Å². The molecule has 0 saturated carbocycles. The molecule has 0 spiro atoms. The number of amides is 1. The molecule has 0 saturated heterocycles. The summed E-state index contributed by atoms with van der Waals surface area (Å²) in [5, 5.41) is 2.83. The number of carbonyl (C=O) groups excluding carboxylic acids is 1. The molecule has 120 valence electrons. The smallest absolute Gasteiger partial charge is 0.243 e. The molecule has 1 aromatic heterocycles. The SMILES string of the molecule is C=CC(=O)N[C@H](C)c1ccc(-c2cnc(OC)cc2OC)cc1. The summed E-state index contributed by atoms with van der Waals surface area (Å²) in [6.45, 7) is 5.37. The van der Waals surface area contributed by atoms with E-state index in [9.17, 15) is 4.79 Å². The van der Waals surface area contributed by atoms with Crippen LogP contribution in [0.25, 0.3) is 11.1 Å². The van der Waals surface area contributed by atoms with Crippen molar-refractivity contribution in [3.63, 3.8) is 0 Å². The van der Waals surface area contributed by atoms with Crippen molar-refractivity contribution in [3.05, 3.63) is 54.7 Å². The molecule has 0 bridgehead atoms. The van der Waals surface area contributed by atoms with Gasteiger partial charge in [-0.15, -0.1) is 0 Å². The van der Waals surface area contributed by atoms with Gasteiger partial charge in [0.25, 0.3) is 0 Å². The van der Waals surface area contributed by atoms with Crippen molar-refractivity contribution < 1.29 is 14.3 Å². The highest BCUT2D eigenvalue weighted by Gasteiger charge is 2.11. The highest BCUT2D eigenvalue weighted by atomic mass is 16.5. The van der Waals surface area contributed by atoms with Crippen molar-refractivity contribution in [2.75, 3.05) is 14.2 Å². The molecule has 1 atom stereocenters. The first-order valence-corrected chi connectivity index (χ1v) is 7.20. The molecule has 5 nitrogen and oxygen atoms in total. The van der Waals surface area contributed by atoms with Gasteiger partial charge in [-0.2, -0.15) is 0 Å². The fraction of sp³-hybridized carbons (Fsp3) is 0.222. The number of rotatable bonds is 6. The molecular weight excluding hydrogens is 292 g/mol. The molecule has 1 amide bonds. The lowest BCUT2D eigenvalue weighted by molar-refractivity contribution is -0.117. The van der Waals surface area contributed by atoms with E-state index in [1.807, 2.05) is 31.2 Å². The van der Waals surface area contributed by atoms with Crippen LogP contribution < -0.4 is 14.8 Å². The highest BCUT2D eigenvalue weighted by molar-refractivity contribution is 5.87. The molecule has 0 aliphatic carbocycles. The molecule has 0 fully saturated rings. The summed E-state index contributed by atoms with van der Waals surface area (Å²) < 4.78 is 10.5. The number of methoxy groups -OCH3 is 2. The van der Waals surface area contributed by atoms with Gasteiger partial charge in [-0.05, 0) is 24.1 Å². The molecule has 1 aromatic carbocycles. The summed E-state index contributed by atoms with van der Waals surface area (Å²) in [7, 11) is 3.18. The first-order valence-electron chi connectivity index (χ1n) is 7.20. The largest absolute Gasteiger partial charge is 0.496 e. The van der Waals surface area contributed by atoms with E-state index in [1.54, 1.807) is 26.5 Å². The molecule has 0 aliphatic heterocycles. The molecule has 0 aliphatic rings. The Morgan fingerprint density at radius 1 is 1.26 bits per heavy atom. The van der Waals surface area contributed by atoms with E-state index < -0.39 is 0 Å². The Bertz CT molecular complexity index is 696. The third kappa shape index (κ3) is 3.88. The van der Waals surface area contributed by atoms with Crippen molar-refractivity contribution >= 4 is 5.91 Å². The van der Waals surface area contributed by atoms with Gasteiger partial charge in [0.05, 0.1) is 20.3 Å². The lowest BCUT2D eigenvalue weighted by Crippen LogP contribution is -2.24. The van der Waals surface area contributed by atoms with E-state index in [0.717, 1.165) is 16.7 Å². The number of hydrogen-bond acceptors (Lipinski definition) is 4. The van der Waals surface area contributed by atoms with Crippen LogP contribution in [0.5, 0.6) is 11.6 Å². The van der Waals surface area contributed by atoms with Crippen LogP contribution >= 0.6 is 0 Å². The number of benzene rings is 1. The van der Waals surface area contributed by atoms with Gasteiger partial charge >= 0.3 is 0 Å². The Kier molecular flexibility index (Phi) is 5.36. The van der Waals surface area contributed by atoms with Gasteiger partial charge in [0.1, 0.15) is 5.75 Å². The number of carbonyl (C=O) groups is 1. The van der Waals surface area contributed by atoms with E-state index >= 15 is 0 Å². The van der Waals surface area contributed by atoms with Crippen LogP contribution in [0, 0.1) is 0 Å². The predicted molar refractivity (Wildman–Crippen MR) is 89.5 cm³/mol. The molecular formula is C18H20N2O3. The van der Waals surface area contributed by atoms with Crippen LogP contribution in [0.15, 0.2) is 49.2 Å². The average Bonchev–Trinajstić information content (AvgIpc) is 2.61. The lowest BCUT2D eigenvalue weighted by Gasteiger charge is -2.14. The molecule has 0 radical (unpaired) electrons. The maximum atomic E-state index is 11.4. The van der Waals surface area contributed by atoms with Crippen LogP contribution in [-0.2, 0) is 4.79 Å². The number of hydrogen-bond donors (Lipinski definition) is 1. The van der Waals surface area contributed by atoms with E-state index in [1.165, 1.54) is 6.08 Å². The molecule has 1 N–H and O–H groups in total. The van der Waals surface area contributed by atoms with E-state index in [2.05, 4.69) is 16.9 Å². The minimum atomic E-state index is -0.192. The van der Waals surface area contributed by atoms with Gasteiger partial charge in [-0.3, -0.25) is 4.79 Å². The first-order chi connectivity index (χ1) is 11.1. The maximum absolute atomic E-state index is 11.4. The van der Waals surface area contributed by atoms with Crippen molar-refractivity contribution in [3.8, 4) is 22.8 Å². The van der Waals surface area contributed by atoms with E-state index in [4.69, 9.17) is 9.47 Å². The third-order valence-corrected chi connectivity index (χ3v) is 3.54. The minimum absolute atomic E-state index is 0.0922. The monoisotopic (exact) mass is 312 g/mol. The predicted octanol–water partition coefficient (Wildman–Crippen LogP) is 3.13. The number of pyridine rings is 1. The summed E-state index contributed by atoms with van der Waals surface area (Å²) in [5.74, 6) is 1.00. The Morgan fingerprint density at radius 3 is 2.52 bits per heavy atom. The standard InChI is InChI=1S/C18H20N2O3/c1-5-17(21)20-12(2)13-6-8-14(9-7-13)15-11-19-18(23-4)10-16(15)22-3/h5-12H,1H2,2-4H3,(H,20,21)/t12-/m1/s1. The van der Waals surface area contributed by atoms with Crippen LogP contribution in [0.4, 0.5) is 0 Å². The summed E-state index contributed by atoms with van der Waals surface area (Å²) in [4.78, 5) is 15.6. The normalized spacial score (nSPS) is 11.4. The second-order valence-corrected chi connectivity index (χ2v) is 4.98. The van der Waals surface area contributed by atoms with Gasteiger partial charge < -0.3 is 14.8 Å². The zero-order valence-corrected chi connectivity index (χ0v) is 13.5. The Hall–Kier alpha value is -2.82. The Labute approximate surface area is 136 Å². The zero-order valence-electron chi connectivity index (χ0n) is 13.5. The van der Waals surface area contributed by atoms with Gasteiger partial charge in [-0.25, -0.2) is 4.98 Å². The average molecular weight is 312 g/mol. The minimum Gasteiger partial charge on any atom is -0.496 e. The number of nitrogens with one attached hydrogen (secondary N) is 1. The van der Waals surface area contributed by atoms with E-state index in [0.29, 0.717) is 11.6 Å². The summed E-state index contributed by atoms with van der Waals surface area (Å²) in [6.07, 6.45) is 2.98. The van der Waals surface area contributed by atoms with Crippen LogP contribution in [0.1, 0.15) is 18.5 Å². The molecule has 2 rings (SSSR count). The molecule has 2 aromatic rings. The third-order valence-electron chi connectivity index (χ3n) is 3.54. The topological polar surface area (TPSA) is 60.5 Å². The summed E-state index contributed by atoms with van der Waals surface area (Å²) >= 11 is 0. The van der Waals surface area contributed by atoms with Gasteiger partial charge in [0, 0.05) is 17.8 Å². The summed E-state index contributed by atoms with van der Waals surface area (Å²) in [5.41, 5.74) is 2.86. The van der Waals surface area contributed by atoms with Crippen molar-refractivity contribution in [2.24, 2.45) is 0 Å². The second-order valence-electron chi connectivity index (χ2n) is 4.98. The number of aromatic nitrogens is 1. The second kappa shape index (κ2) is 7.45. The fourth-order valence-corrected chi connectivity index (χ4v) is 2.22. The Balaban J connectivity index is 2.26. The molecule has 23 heavy (non-hydrogen) atoms. The quantitative estimate of drug-likeness (QED) is 0.833. The van der Waals surface area contributed by atoms with Crippen molar-refractivity contribution in [2.45, 2.75) is 13.0 Å². The van der Waals surface area contributed by atoms with Crippen LogP contribution in [-0.4, -0.2) is 25.1 Å². The molecule has 5 heteroatoms.